The number of likely N-dealkylation sites (tertiary alicyclic amines) is 1. The lowest BCUT2D eigenvalue weighted by molar-refractivity contribution is 0.0299. The summed E-state index contributed by atoms with van der Waals surface area (Å²) in [6.45, 7) is 5.75. The third-order valence-electron chi connectivity index (χ3n) is 5.74. The standard InChI is InChI=1S/C21H29N5O2/c27-21(25-13-15-28-16-14-25)20-17-26(23-22-20)19-8-11-24(12-9-19)10-4-7-18-5-2-1-3-6-18/h1-3,5-6,17,19H,4,7-16H2. The van der Waals surface area contributed by atoms with Gasteiger partial charge in [-0.25, -0.2) is 4.68 Å². The van der Waals surface area contributed by atoms with E-state index in [0.29, 0.717) is 38.0 Å². The van der Waals surface area contributed by atoms with E-state index in [-0.39, 0.29) is 5.91 Å². The number of hydrogen-bond donors (Lipinski definition) is 0. The number of aryl methyl sites for hydroxylation is 1. The fraction of sp³-hybridized carbons (Fsp3) is 0.571. The van der Waals surface area contributed by atoms with E-state index in [0.717, 1.165) is 38.9 Å². The predicted molar refractivity (Wildman–Crippen MR) is 106 cm³/mol. The van der Waals surface area contributed by atoms with Crippen LogP contribution >= 0.6 is 0 Å². The maximum Gasteiger partial charge on any atom is 0.276 e. The first kappa shape index (κ1) is 19.1. The largest absolute Gasteiger partial charge is 0.378 e. The van der Waals surface area contributed by atoms with Gasteiger partial charge in [-0.1, -0.05) is 35.5 Å². The minimum absolute atomic E-state index is 0.0344. The van der Waals surface area contributed by atoms with E-state index in [9.17, 15) is 4.79 Å². The number of piperidine rings is 1. The highest BCUT2D eigenvalue weighted by atomic mass is 16.5. The van der Waals surface area contributed by atoms with Crippen molar-refractivity contribution in [2.45, 2.75) is 31.7 Å². The molecule has 0 N–H and O–H groups in total. The van der Waals surface area contributed by atoms with Crippen LogP contribution in [0.1, 0.15) is 41.4 Å². The van der Waals surface area contributed by atoms with E-state index in [4.69, 9.17) is 4.74 Å². The third kappa shape index (κ3) is 4.77. The fourth-order valence-electron chi connectivity index (χ4n) is 4.04. The van der Waals surface area contributed by atoms with E-state index in [2.05, 4.69) is 45.5 Å². The van der Waals surface area contributed by atoms with E-state index >= 15 is 0 Å². The average molecular weight is 383 g/mol. The zero-order valence-corrected chi connectivity index (χ0v) is 16.4. The van der Waals surface area contributed by atoms with Gasteiger partial charge in [0.2, 0.25) is 0 Å². The van der Waals surface area contributed by atoms with Crippen molar-refractivity contribution in [3.8, 4) is 0 Å². The lowest BCUT2D eigenvalue weighted by Crippen LogP contribution is -2.40. The van der Waals surface area contributed by atoms with Gasteiger partial charge < -0.3 is 14.5 Å². The zero-order valence-electron chi connectivity index (χ0n) is 16.4. The SMILES string of the molecule is O=C(c1cn(C2CCN(CCCc3ccccc3)CC2)nn1)N1CCOCC1. The second-order valence-electron chi connectivity index (χ2n) is 7.65. The van der Waals surface area contributed by atoms with Crippen LogP contribution in [-0.4, -0.2) is 76.6 Å². The molecule has 1 amide bonds. The summed E-state index contributed by atoms with van der Waals surface area (Å²) in [5, 5.41) is 8.39. The Morgan fingerprint density at radius 2 is 1.82 bits per heavy atom. The molecule has 2 aliphatic heterocycles. The number of benzene rings is 1. The van der Waals surface area contributed by atoms with Gasteiger partial charge in [-0.2, -0.15) is 0 Å². The number of carbonyl (C=O) groups is 1. The summed E-state index contributed by atoms with van der Waals surface area (Å²) in [6.07, 6.45) is 6.26. The molecule has 2 saturated heterocycles. The molecule has 0 bridgehead atoms. The number of carbonyl (C=O) groups excluding carboxylic acids is 1. The van der Waals surface area contributed by atoms with E-state index in [1.807, 2.05) is 10.9 Å². The smallest absolute Gasteiger partial charge is 0.276 e. The van der Waals surface area contributed by atoms with Crippen molar-refractivity contribution in [2.75, 3.05) is 45.9 Å². The summed E-state index contributed by atoms with van der Waals surface area (Å²) in [5.41, 5.74) is 1.87. The van der Waals surface area contributed by atoms with E-state index in [1.165, 1.54) is 12.0 Å². The molecule has 0 unspecified atom stereocenters. The van der Waals surface area contributed by atoms with Gasteiger partial charge in [0.1, 0.15) is 0 Å². The minimum Gasteiger partial charge on any atom is -0.378 e. The molecule has 2 aromatic rings. The topological polar surface area (TPSA) is 63.5 Å². The molecule has 0 spiro atoms. The van der Waals surface area contributed by atoms with E-state index < -0.39 is 0 Å². The molecule has 0 saturated carbocycles. The summed E-state index contributed by atoms with van der Waals surface area (Å²) in [5.74, 6) is -0.0344. The molecule has 7 nitrogen and oxygen atoms in total. The molecular formula is C21H29N5O2. The number of ether oxygens (including phenoxy) is 1. The Balaban J connectivity index is 1.23. The summed E-state index contributed by atoms with van der Waals surface area (Å²) >= 11 is 0. The average Bonchev–Trinajstić information content (AvgIpc) is 3.25. The van der Waals surface area contributed by atoms with Crippen LogP contribution in [0.15, 0.2) is 36.5 Å². The molecule has 0 aliphatic carbocycles. The van der Waals surface area contributed by atoms with Crippen LogP contribution in [0.4, 0.5) is 0 Å². The Morgan fingerprint density at radius 3 is 2.57 bits per heavy atom. The van der Waals surface area contributed by atoms with Crippen molar-refractivity contribution in [3.05, 3.63) is 47.8 Å². The second-order valence-corrected chi connectivity index (χ2v) is 7.65. The summed E-state index contributed by atoms with van der Waals surface area (Å²) in [7, 11) is 0. The molecule has 150 valence electrons. The van der Waals surface area contributed by atoms with Crippen molar-refractivity contribution in [1.82, 2.24) is 24.8 Å². The van der Waals surface area contributed by atoms with Crippen LogP contribution in [0.3, 0.4) is 0 Å². The lowest BCUT2D eigenvalue weighted by Gasteiger charge is -2.31. The quantitative estimate of drug-likeness (QED) is 0.764. The molecule has 1 aromatic heterocycles. The molecule has 7 heteroatoms. The van der Waals surface area contributed by atoms with Crippen molar-refractivity contribution >= 4 is 5.91 Å². The van der Waals surface area contributed by atoms with Crippen LogP contribution in [-0.2, 0) is 11.2 Å². The van der Waals surface area contributed by atoms with Crippen molar-refractivity contribution in [3.63, 3.8) is 0 Å². The first-order valence-electron chi connectivity index (χ1n) is 10.3. The first-order chi connectivity index (χ1) is 13.8. The van der Waals surface area contributed by atoms with Crippen molar-refractivity contribution < 1.29 is 9.53 Å². The van der Waals surface area contributed by atoms with Crippen LogP contribution in [0.5, 0.6) is 0 Å². The monoisotopic (exact) mass is 383 g/mol. The summed E-state index contributed by atoms with van der Waals surface area (Å²) in [4.78, 5) is 16.9. The van der Waals surface area contributed by atoms with Gasteiger partial charge >= 0.3 is 0 Å². The van der Waals surface area contributed by atoms with Crippen LogP contribution in [0.25, 0.3) is 0 Å². The highest BCUT2D eigenvalue weighted by molar-refractivity contribution is 5.92. The number of nitrogens with zero attached hydrogens (tertiary/aromatic N) is 5. The molecule has 28 heavy (non-hydrogen) atoms. The highest BCUT2D eigenvalue weighted by Crippen LogP contribution is 2.22. The van der Waals surface area contributed by atoms with Crippen LogP contribution in [0.2, 0.25) is 0 Å². The van der Waals surface area contributed by atoms with Gasteiger partial charge in [-0.3, -0.25) is 4.79 Å². The minimum atomic E-state index is -0.0344. The zero-order chi connectivity index (χ0) is 19.2. The van der Waals surface area contributed by atoms with Gasteiger partial charge in [0.15, 0.2) is 5.69 Å². The third-order valence-corrected chi connectivity index (χ3v) is 5.74. The predicted octanol–water partition coefficient (Wildman–Crippen LogP) is 2.02. The highest BCUT2D eigenvalue weighted by Gasteiger charge is 2.25. The van der Waals surface area contributed by atoms with Gasteiger partial charge in [0.25, 0.3) is 5.91 Å². The molecule has 0 radical (unpaired) electrons. The molecule has 0 atom stereocenters. The number of morpholine rings is 1. The number of aromatic nitrogens is 3. The van der Waals surface area contributed by atoms with E-state index in [1.54, 1.807) is 4.90 Å². The molecule has 1 aromatic carbocycles. The Morgan fingerprint density at radius 1 is 1.07 bits per heavy atom. The Hall–Kier alpha value is -2.25. The Bertz CT molecular complexity index is 749. The van der Waals surface area contributed by atoms with Crippen LogP contribution in [0, 0.1) is 0 Å². The molecular weight excluding hydrogens is 354 g/mol. The van der Waals surface area contributed by atoms with Crippen molar-refractivity contribution in [2.24, 2.45) is 0 Å². The number of hydrogen-bond acceptors (Lipinski definition) is 5. The maximum absolute atomic E-state index is 12.5. The fourth-order valence-corrected chi connectivity index (χ4v) is 4.04. The second kappa shape index (κ2) is 9.30. The van der Waals surface area contributed by atoms with Gasteiger partial charge in [-0.15, -0.1) is 5.10 Å². The normalized spacial score (nSPS) is 19.1. The Kier molecular flexibility index (Phi) is 6.34. The van der Waals surface area contributed by atoms with Crippen LogP contribution < -0.4 is 0 Å². The molecule has 3 heterocycles. The maximum atomic E-state index is 12.5. The summed E-state index contributed by atoms with van der Waals surface area (Å²) in [6, 6.07) is 11.0. The number of amides is 1. The van der Waals surface area contributed by atoms with Gasteiger partial charge in [0.05, 0.1) is 25.5 Å². The summed E-state index contributed by atoms with van der Waals surface area (Å²) < 4.78 is 7.21. The number of rotatable bonds is 6. The molecule has 2 aliphatic rings. The lowest BCUT2D eigenvalue weighted by atomic mass is 10.0. The van der Waals surface area contributed by atoms with Crippen molar-refractivity contribution in [1.29, 1.82) is 0 Å². The molecule has 4 rings (SSSR count). The van der Waals surface area contributed by atoms with Gasteiger partial charge in [0, 0.05) is 26.2 Å². The van der Waals surface area contributed by atoms with Gasteiger partial charge in [-0.05, 0) is 37.8 Å². The Labute approximate surface area is 166 Å². The first-order valence-corrected chi connectivity index (χ1v) is 10.3. The molecule has 2 fully saturated rings.